The molecule has 2 N–H and O–H groups in total. The van der Waals surface area contributed by atoms with Gasteiger partial charge in [-0.05, 0) is 37.1 Å². The maximum absolute atomic E-state index is 13.1. The van der Waals surface area contributed by atoms with Crippen LogP contribution in [0.1, 0.15) is 36.0 Å². The van der Waals surface area contributed by atoms with Gasteiger partial charge >= 0.3 is 5.97 Å². The number of benzene rings is 1. The van der Waals surface area contributed by atoms with Crippen LogP contribution in [0.2, 0.25) is 0 Å². The van der Waals surface area contributed by atoms with Crippen LogP contribution < -0.4 is 0 Å². The van der Waals surface area contributed by atoms with Crippen molar-refractivity contribution in [2.75, 3.05) is 26.2 Å². The molecule has 6 nitrogen and oxygen atoms in total. The molecule has 142 valence electrons. The Kier molecular flexibility index (Phi) is 3.79. The van der Waals surface area contributed by atoms with Crippen LogP contribution >= 0.6 is 0 Å². The number of hydrogen-bond acceptors (Lipinski definition) is 3. The highest BCUT2D eigenvalue weighted by Gasteiger charge is 2.59. The van der Waals surface area contributed by atoms with Crippen LogP contribution in [0.4, 0.5) is 0 Å². The van der Waals surface area contributed by atoms with Crippen LogP contribution in [0.15, 0.2) is 30.5 Å². The normalized spacial score (nSPS) is 28.9. The molecule has 1 aliphatic carbocycles. The van der Waals surface area contributed by atoms with Gasteiger partial charge in [0.2, 0.25) is 0 Å². The number of nitrogens with one attached hydrogen (secondary N) is 1. The highest BCUT2D eigenvalue weighted by molar-refractivity contribution is 5.98. The van der Waals surface area contributed by atoms with Crippen molar-refractivity contribution in [3.05, 3.63) is 36.0 Å². The Balaban J connectivity index is 1.37. The number of H-pyrrole nitrogens is 1. The van der Waals surface area contributed by atoms with Gasteiger partial charge in [0.1, 0.15) is 5.41 Å². The van der Waals surface area contributed by atoms with E-state index >= 15 is 0 Å². The van der Waals surface area contributed by atoms with E-state index in [1.807, 2.05) is 30.5 Å². The minimum atomic E-state index is -0.809. The molecule has 1 aromatic heterocycles. The highest BCUT2D eigenvalue weighted by atomic mass is 16.4. The van der Waals surface area contributed by atoms with Crippen LogP contribution in [-0.2, 0) is 4.79 Å². The van der Waals surface area contributed by atoms with Gasteiger partial charge < -0.3 is 15.0 Å². The van der Waals surface area contributed by atoms with Gasteiger partial charge in [0, 0.05) is 60.8 Å². The SMILES string of the molecule is O=C(c1ccc2[nH]ccc2c1)N1C[C@H]2CN(C3CCCC3)C[C@@]2(C(=O)O)C1. The fourth-order valence-corrected chi connectivity index (χ4v) is 5.48. The van der Waals surface area contributed by atoms with Crippen molar-refractivity contribution >= 4 is 22.8 Å². The topological polar surface area (TPSA) is 76.6 Å². The molecule has 2 saturated heterocycles. The van der Waals surface area contributed by atoms with Gasteiger partial charge in [-0.25, -0.2) is 0 Å². The maximum Gasteiger partial charge on any atom is 0.313 e. The monoisotopic (exact) mass is 367 g/mol. The second-order valence-electron chi connectivity index (χ2n) is 8.49. The Morgan fingerprint density at radius 2 is 1.93 bits per heavy atom. The summed E-state index contributed by atoms with van der Waals surface area (Å²) in [6, 6.07) is 8.11. The molecule has 0 spiro atoms. The lowest BCUT2D eigenvalue weighted by molar-refractivity contribution is -0.148. The summed E-state index contributed by atoms with van der Waals surface area (Å²) in [5.74, 6) is -0.777. The molecule has 0 bridgehead atoms. The van der Waals surface area contributed by atoms with E-state index in [0.717, 1.165) is 17.4 Å². The molecule has 3 fully saturated rings. The zero-order valence-corrected chi connectivity index (χ0v) is 15.4. The van der Waals surface area contributed by atoms with Crippen LogP contribution in [-0.4, -0.2) is 64.0 Å². The lowest BCUT2D eigenvalue weighted by atomic mass is 9.81. The number of amides is 1. The average Bonchev–Trinajstić information content (AvgIpc) is 3.41. The van der Waals surface area contributed by atoms with Crippen molar-refractivity contribution in [3.63, 3.8) is 0 Å². The first-order chi connectivity index (χ1) is 13.1. The Morgan fingerprint density at radius 1 is 1.11 bits per heavy atom. The van der Waals surface area contributed by atoms with E-state index < -0.39 is 11.4 Å². The molecule has 27 heavy (non-hydrogen) atoms. The zero-order chi connectivity index (χ0) is 18.6. The van der Waals surface area contributed by atoms with Gasteiger partial charge in [-0.1, -0.05) is 12.8 Å². The van der Waals surface area contributed by atoms with Gasteiger partial charge in [-0.3, -0.25) is 14.5 Å². The Labute approximate surface area is 158 Å². The molecule has 1 saturated carbocycles. The number of likely N-dealkylation sites (tertiary alicyclic amines) is 2. The van der Waals surface area contributed by atoms with Gasteiger partial charge in [0.15, 0.2) is 0 Å². The van der Waals surface area contributed by atoms with Crippen LogP contribution in [0.5, 0.6) is 0 Å². The summed E-state index contributed by atoms with van der Waals surface area (Å²) >= 11 is 0. The zero-order valence-electron chi connectivity index (χ0n) is 15.4. The predicted octanol–water partition coefficient (Wildman–Crippen LogP) is 2.57. The number of carbonyl (C=O) groups excluding carboxylic acids is 1. The molecule has 3 heterocycles. The summed E-state index contributed by atoms with van der Waals surface area (Å²) in [7, 11) is 0. The highest BCUT2D eigenvalue weighted by Crippen LogP contribution is 2.45. The lowest BCUT2D eigenvalue weighted by Gasteiger charge is -2.28. The molecular weight excluding hydrogens is 342 g/mol. The second-order valence-corrected chi connectivity index (χ2v) is 8.49. The molecule has 3 aliphatic rings. The number of rotatable bonds is 3. The fourth-order valence-electron chi connectivity index (χ4n) is 5.48. The molecule has 2 aromatic rings. The quantitative estimate of drug-likeness (QED) is 0.874. The van der Waals surface area contributed by atoms with E-state index in [4.69, 9.17) is 0 Å². The molecule has 5 rings (SSSR count). The van der Waals surface area contributed by atoms with E-state index in [9.17, 15) is 14.7 Å². The van der Waals surface area contributed by atoms with Crippen molar-refractivity contribution in [2.45, 2.75) is 31.7 Å². The first-order valence-corrected chi connectivity index (χ1v) is 9.91. The number of carboxylic acids is 1. The Hall–Kier alpha value is -2.34. The van der Waals surface area contributed by atoms with E-state index in [1.54, 1.807) is 4.90 Å². The van der Waals surface area contributed by atoms with Gasteiger partial charge in [0.05, 0.1) is 0 Å². The van der Waals surface area contributed by atoms with E-state index in [-0.39, 0.29) is 11.8 Å². The van der Waals surface area contributed by atoms with Crippen molar-refractivity contribution < 1.29 is 14.7 Å². The first kappa shape index (κ1) is 16.8. The number of aromatic amines is 1. The number of aromatic nitrogens is 1. The summed E-state index contributed by atoms with van der Waals surface area (Å²) in [4.78, 5) is 32.6. The minimum Gasteiger partial charge on any atom is -0.481 e. The summed E-state index contributed by atoms with van der Waals surface area (Å²) in [5, 5.41) is 11.1. The smallest absolute Gasteiger partial charge is 0.313 e. The van der Waals surface area contributed by atoms with Crippen molar-refractivity contribution in [3.8, 4) is 0 Å². The summed E-state index contributed by atoms with van der Waals surface area (Å²) < 4.78 is 0. The van der Waals surface area contributed by atoms with Crippen LogP contribution in [0.3, 0.4) is 0 Å². The molecule has 6 heteroatoms. The lowest BCUT2D eigenvalue weighted by Crippen LogP contribution is -2.43. The third kappa shape index (κ3) is 2.57. The van der Waals surface area contributed by atoms with Gasteiger partial charge in [0.25, 0.3) is 5.91 Å². The molecular formula is C21H25N3O3. The third-order valence-electron chi connectivity index (χ3n) is 6.99. The maximum atomic E-state index is 13.1. The number of carboxylic acid groups (broad SMARTS) is 1. The van der Waals surface area contributed by atoms with Crippen molar-refractivity contribution in [1.29, 1.82) is 0 Å². The second kappa shape index (κ2) is 6.09. The fraction of sp³-hybridized carbons (Fsp3) is 0.524. The number of nitrogens with zero attached hydrogens (tertiary/aromatic N) is 2. The van der Waals surface area contributed by atoms with Crippen molar-refractivity contribution in [2.24, 2.45) is 11.3 Å². The number of aliphatic carboxylic acids is 1. The van der Waals surface area contributed by atoms with Crippen molar-refractivity contribution in [1.82, 2.24) is 14.8 Å². The minimum absolute atomic E-state index is 0.0236. The van der Waals surface area contributed by atoms with E-state index in [1.165, 1.54) is 25.7 Å². The van der Waals surface area contributed by atoms with Crippen LogP contribution in [0.25, 0.3) is 10.9 Å². The Morgan fingerprint density at radius 3 is 2.67 bits per heavy atom. The predicted molar refractivity (Wildman–Crippen MR) is 102 cm³/mol. The average molecular weight is 367 g/mol. The third-order valence-corrected chi connectivity index (χ3v) is 6.99. The Bertz CT molecular complexity index is 901. The largest absolute Gasteiger partial charge is 0.481 e. The molecule has 2 aliphatic heterocycles. The molecule has 0 unspecified atom stereocenters. The summed E-state index contributed by atoms with van der Waals surface area (Å²) in [5.41, 5.74) is 0.825. The molecule has 1 aromatic carbocycles. The number of carbonyl (C=O) groups is 2. The number of hydrogen-bond donors (Lipinski definition) is 2. The molecule has 0 radical (unpaired) electrons. The van der Waals surface area contributed by atoms with Gasteiger partial charge in [-0.15, -0.1) is 0 Å². The number of fused-ring (bicyclic) bond motifs is 2. The first-order valence-electron chi connectivity index (χ1n) is 9.91. The van der Waals surface area contributed by atoms with E-state index in [0.29, 0.717) is 31.2 Å². The molecule has 1 amide bonds. The van der Waals surface area contributed by atoms with E-state index in [2.05, 4.69) is 9.88 Å². The van der Waals surface area contributed by atoms with Gasteiger partial charge in [-0.2, -0.15) is 0 Å². The summed E-state index contributed by atoms with van der Waals surface area (Å²) in [6.07, 6.45) is 6.72. The van der Waals surface area contributed by atoms with Crippen LogP contribution in [0, 0.1) is 11.3 Å². The summed E-state index contributed by atoms with van der Waals surface area (Å²) in [6.45, 7) is 2.25. The molecule has 2 atom stereocenters. The standard InChI is InChI=1S/C21H25N3O3/c25-19(15-5-6-18-14(9-15)7-8-22-18)24-11-16-10-23(17-3-1-2-4-17)12-21(16,13-24)20(26)27/h5-9,16-17,22H,1-4,10-13H2,(H,26,27)/t16-,21-/m1/s1.